The van der Waals surface area contributed by atoms with E-state index in [0.717, 1.165) is 6.42 Å². The first-order valence-corrected chi connectivity index (χ1v) is 5.50. The average molecular weight is 237 g/mol. The normalized spacial score (nSPS) is 19.4. The first-order valence-electron chi connectivity index (χ1n) is 5.50. The van der Waals surface area contributed by atoms with E-state index in [4.69, 9.17) is 9.84 Å². The average Bonchev–Trinajstić information content (AvgIpc) is 2.77. The monoisotopic (exact) mass is 237 g/mol. The number of benzene rings is 1. The molecule has 2 rings (SSSR count). The highest BCUT2D eigenvalue weighted by atomic mass is 16.5. The fraction of sp³-hybridized carbons (Fsp3) is 0.417. The highest BCUT2D eigenvalue weighted by molar-refractivity contribution is 5.80. The molecule has 1 atom stereocenters. The van der Waals surface area contributed by atoms with Crippen LogP contribution in [0.4, 0.5) is 5.69 Å². The Morgan fingerprint density at radius 2 is 2.29 bits per heavy atom. The largest absolute Gasteiger partial charge is 0.508 e. The second kappa shape index (κ2) is 4.53. The van der Waals surface area contributed by atoms with Crippen LogP contribution in [0.3, 0.4) is 0 Å². The van der Waals surface area contributed by atoms with Crippen LogP contribution in [0.5, 0.6) is 11.5 Å². The van der Waals surface area contributed by atoms with Gasteiger partial charge in [-0.1, -0.05) is 0 Å². The van der Waals surface area contributed by atoms with Crippen molar-refractivity contribution < 1.29 is 19.7 Å². The van der Waals surface area contributed by atoms with E-state index < -0.39 is 12.0 Å². The predicted molar refractivity (Wildman–Crippen MR) is 62.7 cm³/mol. The minimum atomic E-state index is -0.840. The molecule has 5 heteroatoms. The van der Waals surface area contributed by atoms with E-state index in [9.17, 15) is 9.90 Å². The molecule has 1 saturated heterocycles. The molecule has 5 nitrogen and oxygen atoms in total. The van der Waals surface area contributed by atoms with E-state index >= 15 is 0 Å². The minimum Gasteiger partial charge on any atom is -0.508 e. The Kier molecular flexibility index (Phi) is 3.08. The zero-order valence-electron chi connectivity index (χ0n) is 9.59. The smallest absolute Gasteiger partial charge is 0.326 e. The van der Waals surface area contributed by atoms with Gasteiger partial charge in [0.1, 0.15) is 17.5 Å². The lowest BCUT2D eigenvalue weighted by Crippen LogP contribution is -2.36. The maximum atomic E-state index is 11.1. The fourth-order valence-electron chi connectivity index (χ4n) is 2.21. The number of hydrogen-bond acceptors (Lipinski definition) is 4. The number of phenolic OH excluding ortho intramolecular Hbond substituents is 1. The van der Waals surface area contributed by atoms with Crippen LogP contribution in [0.1, 0.15) is 12.8 Å². The molecule has 1 aliphatic heterocycles. The van der Waals surface area contributed by atoms with Crippen molar-refractivity contribution in [1.29, 1.82) is 0 Å². The van der Waals surface area contributed by atoms with Gasteiger partial charge in [0.25, 0.3) is 0 Å². The lowest BCUT2D eigenvalue weighted by atomic mass is 10.2. The Morgan fingerprint density at radius 1 is 1.53 bits per heavy atom. The SMILES string of the molecule is COc1ccc(O)cc1N1CCCC1C(=O)O. The number of methoxy groups -OCH3 is 1. The van der Waals surface area contributed by atoms with Gasteiger partial charge in [0.15, 0.2) is 0 Å². The van der Waals surface area contributed by atoms with Gasteiger partial charge < -0.3 is 19.8 Å². The van der Waals surface area contributed by atoms with Gasteiger partial charge in [0, 0.05) is 12.6 Å². The van der Waals surface area contributed by atoms with Crippen molar-refractivity contribution in [2.75, 3.05) is 18.6 Å². The number of carboxylic acid groups (broad SMARTS) is 1. The Labute approximate surface area is 99.2 Å². The molecule has 1 aromatic carbocycles. The first kappa shape index (κ1) is 11.6. The minimum absolute atomic E-state index is 0.108. The summed E-state index contributed by atoms with van der Waals surface area (Å²) in [6.07, 6.45) is 1.45. The Hall–Kier alpha value is -1.91. The summed E-state index contributed by atoms with van der Waals surface area (Å²) in [5, 5.41) is 18.6. The van der Waals surface area contributed by atoms with E-state index in [2.05, 4.69) is 0 Å². The standard InChI is InChI=1S/C12H15NO4/c1-17-11-5-4-8(14)7-10(11)13-6-2-3-9(13)12(15)16/h4-5,7,9,14H,2-3,6H2,1H3,(H,15,16). The maximum Gasteiger partial charge on any atom is 0.326 e. The van der Waals surface area contributed by atoms with Crippen LogP contribution >= 0.6 is 0 Å². The van der Waals surface area contributed by atoms with Gasteiger partial charge in [-0.05, 0) is 25.0 Å². The molecule has 17 heavy (non-hydrogen) atoms. The number of aromatic hydroxyl groups is 1. The van der Waals surface area contributed by atoms with Gasteiger partial charge in [0.2, 0.25) is 0 Å². The topological polar surface area (TPSA) is 70.0 Å². The molecule has 1 unspecified atom stereocenters. The van der Waals surface area contributed by atoms with Gasteiger partial charge in [-0.2, -0.15) is 0 Å². The second-order valence-corrected chi connectivity index (χ2v) is 4.05. The molecule has 2 N–H and O–H groups in total. The number of nitrogens with zero attached hydrogens (tertiary/aromatic N) is 1. The first-order chi connectivity index (χ1) is 8.13. The van der Waals surface area contributed by atoms with Crippen LogP contribution in [0, 0.1) is 0 Å². The van der Waals surface area contributed by atoms with Crippen molar-refractivity contribution in [3.8, 4) is 11.5 Å². The zero-order valence-corrected chi connectivity index (χ0v) is 9.59. The molecule has 0 saturated carbocycles. The molecule has 0 aromatic heterocycles. The van der Waals surface area contributed by atoms with Gasteiger partial charge in [-0.3, -0.25) is 0 Å². The lowest BCUT2D eigenvalue weighted by Gasteiger charge is -2.25. The van der Waals surface area contributed by atoms with Crippen LogP contribution < -0.4 is 9.64 Å². The lowest BCUT2D eigenvalue weighted by molar-refractivity contribution is -0.138. The van der Waals surface area contributed by atoms with E-state index in [1.54, 1.807) is 17.0 Å². The number of aliphatic carboxylic acids is 1. The van der Waals surface area contributed by atoms with Crippen molar-refractivity contribution in [3.63, 3.8) is 0 Å². The van der Waals surface area contributed by atoms with Crippen LogP contribution in [0.2, 0.25) is 0 Å². The molecule has 92 valence electrons. The number of phenols is 1. The van der Waals surface area contributed by atoms with Gasteiger partial charge in [-0.15, -0.1) is 0 Å². The van der Waals surface area contributed by atoms with Crippen molar-refractivity contribution >= 4 is 11.7 Å². The van der Waals surface area contributed by atoms with Gasteiger partial charge in [-0.25, -0.2) is 4.79 Å². The summed E-state index contributed by atoms with van der Waals surface area (Å²) < 4.78 is 5.20. The van der Waals surface area contributed by atoms with Crippen molar-refractivity contribution in [1.82, 2.24) is 0 Å². The van der Waals surface area contributed by atoms with E-state index in [0.29, 0.717) is 24.4 Å². The Bertz CT molecular complexity index is 433. The molecule has 0 spiro atoms. The summed E-state index contributed by atoms with van der Waals surface area (Å²) in [6, 6.07) is 4.17. The van der Waals surface area contributed by atoms with Crippen LogP contribution in [-0.2, 0) is 4.79 Å². The Morgan fingerprint density at radius 3 is 2.94 bits per heavy atom. The summed E-state index contributed by atoms with van der Waals surface area (Å²) in [7, 11) is 1.53. The molecular weight excluding hydrogens is 222 g/mol. The van der Waals surface area contributed by atoms with Gasteiger partial charge in [0.05, 0.1) is 12.8 Å². The highest BCUT2D eigenvalue weighted by Gasteiger charge is 2.32. The summed E-state index contributed by atoms with van der Waals surface area (Å²) in [5.41, 5.74) is 0.636. The number of anilines is 1. The van der Waals surface area contributed by atoms with Crippen LogP contribution in [0.25, 0.3) is 0 Å². The molecular formula is C12H15NO4. The third-order valence-electron chi connectivity index (χ3n) is 3.01. The van der Waals surface area contributed by atoms with Crippen LogP contribution in [0.15, 0.2) is 18.2 Å². The molecule has 0 amide bonds. The molecule has 0 aliphatic carbocycles. The predicted octanol–water partition coefficient (Wildman–Crippen LogP) is 1.45. The fourth-order valence-corrected chi connectivity index (χ4v) is 2.21. The third-order valence-corrected chi connectivity index (χ3v) is 3.01. The molecule has 0 bridgehead atoms. The van der Waals surface area contributed by atoms with Gasteiger partial charge >= 0.3 is 5.97 Å². The number of carbonyl (C=O) groups is 1. The molecule has 1 aromatic rings. The highest BCUT2D eigenvalue weighted by Crippen LogP contribution is 2.36. The number of ether oxygens (including phenoxy) is 1. The summed E-state index contributed by atoms with van der Waals surface area (Å²) in [6.45, 7) is 0.663. The third kappa shape index (κ3) is 2.13. The van der Waals surface area contributed by atoms with Crippen LogP contribution in [-0.4, -0.2) is 35.9 Å². The van der Waals surface area contributed by atoms with Crippen molar-refractivity contribution in [2.24, 2.45) is 0 Å². The van der Waals surface area contributed by atoms with Crippen molar-refractivity contribution in [2.45, 2.75) is 18.9 Å². The van der Waals surface area contributed by atoms with Crippen molar-refractivity contribution in [3.05, 3.63) is 18.2 Å². The Balaban J connectivity index is 2.38. The maximum absolute atomic E-state index is 11.1. The quantitative estimate of drug-likeness (QED) is 0.832. The van der Waals surface area contributed by atoms with E-state index in [-0.39, 0.29) is 5.75 Å². The zero-order chi connectivity index (χ0) is 12.4. The summed E-state index contributed by atoms with van der Waals surface area (Å²) >= 11 is 0. The number of carboxylic acids is 1. The second-order valence-electron chi connectivity index (χ2n) is 4.05. The summed E-state index contributed by atoms with van der Waals surface area (Å²) in [5.74, 6) is -0.152. The molecule has 1 aliphatic rings. The summed E-state index contributed by atoms with van der Waals surface area (Å²) in [4.78, 5) is 12.9. The molecule has 1 fully saturated rings. The van der Waals surface area contributed by atoms with E-state index in [1.165, 1.54) is 13.2 Å². The molecule has 1 heterocycles. The molecule has 0 radical (unpaired) electrons. The number of rotatable bonds is 3. The van der Waals surface area contributed by atoms with E-state index in [1.807, 2.05) is 0 Å². The number of hydrogen-bond donors (Lipinski definition) is 2.